The Morgan fingerprint density at radius 3 is 2.16 bits per heavy atom. The van der Waals surface area contributed by atoms with Gasteiger partial charge in [0.2, 0.25) is 0 Å². The molecule has 0 spiro atoms. The molecule has 0 aromatic heterocycles. The number of methoxy groups -OCH3 is 1. The van der Waals surface area contributed by atoms with Gasteiger partial charge in [-0.15, -0.1) is 0 Å². The normalized spacial score (nSPS) is 14.1. The second kappa shape index (κ2) is 9.65. The number of nitrogens with zero attached hydrogens (tertiary/aromatic N) is 2. The number of carbonyl (C=O) groups excluding carboxylic acids is 3. The lowest BCUT2D eigenvalue weighted by Gasteiger charge is -2.28. The van der Waals surface area contributed by atoms with Crippen LogP contribution in [0.5, 0.6) is 17.2 Å². The van der Waals surface area contributed by atoms with Crippen molar-refractivity contribution in [3.8, 4) is 17.2 Å². The summed E-state index contributed by atoms with van der Waals surface area (Å²) in [5.74, 6) is 0.291. The number of benzene rings is 2. The van der Waals surface area contributed by atoms with E-state index >= 15 is 0 Å². The van der Waals surface area contributed by atoms with Crippen LogP contribution in [0, 0.1) is 0 Å². The van der Waals surface area contributed by atoms with E-state index in [1.54, 1.807) is 12.1 Å². The summed E-state index contributed by atoms with van der Waals surface area (Å²) in [6.07, 6.45) is 1.42. The average Bonchev–Trinajstić information content (AvgIpc) is 2.78. The molecule has 0 radical (unpaired) electrons. The summed E-state index contributed by atoms with van der Waals surface area (Å²) in [6.45, 7) is 0.611. The summed E-state index contributed by atoms with van der Waals surface area (Å²) in [4.78, 5) is 38.5. The largest absolute Gasteiger partial charge is 0.493 e. The van der Waals surface area contributed by atoms with Crippen LogP contribution in [0.4, 0.5) is 4.79 Å². The number of imide groups is 2. The molecule has 31 heavy (non-hydrogen) atoms. The van der Waals surface area contributed by atoms with Gasteiger partial charge in [-0.2, -0.15) is 0 Å². The fourth-order valence-electron chi connectivity index (χ4n) is 2.92. The number of carbonyl (C=O) groups is 3. The zero-order chi connectivity index (χ0) is 22.5. The second-order valence-electron chi connectivity index (χ2n) is 6.61. The Bertz CT molecular complexity index is 1010. The molecule has 1 aliphatic heterocycles. The lowest BCUT2D eigenvalue weighted by Crippen LogP contribution is -2.52. The second-order valence-corrected chi connectivity index (χ2v) is 7.47. The zero-order valence-corrected chi connectivity index (χ0v) is 18.8. The van der Waals surface area contributed by atoms with Crippen molar-refractivity contribution in [2.75, 3.05) is 34.4 Å². The highest BCUT2D eigenvalue weighted by molar-refractivity contribution is 9.10. The molecule has 1 heterocycles. The summed E-state index contributed by atoms with van der Waals surface area (Å²) in [6, 6.07) is 12.1. The predicted molar refractivity (Wildman–Crippen MR) is 117 cm³/mol. The van der Waals surface area contributed by atoms with E-state index in [0.717, 1.165) is 15.5 Å². The van der Waals surface area contributed by atoms with Crippen molar-refractivity contribution >= 4 is 39.9 Å². The van der Waals surface area contributed by atoms with Crippen LogP contribution in [0.1, 0.15) is 5.56 Å². The molecule has 0 saturated carbocycles. The SMILES string of the molecule is COc1cc(C=C2C(=O)N(C)C(=O)N(C)C2=O)cc(Br)c1OCCOc1ccccc1. The van der Waals surface area contributed by atoms with Gasteiger partial charge in [0.05, 0.1) is 11.6 Å². The van der Waals surface area contributed by atoms with E-state index in [1.165, 1.54) is 27.3 Å². The molecular weight excluding hydrogens is 468 g/mol. The summed E-state index contributed by atoms with van der Waals surface area (Å²) in [5, 5.41) is 0. The third-order valence-corrected chi connectivity index (χ3v) is 5.14. The van der Waals surface area contributed by atoms with Gasteiger partial charge in [0, 0.05) is 14.1 Å². The highest BCUT2D eigenvalue weighted by Crippen LogP contribution is 2.37. The first kappa shape index (κ1) is 22.4. The summed E-state index contributed by atoms with van der Waals surface area (Å²) in [5.41, 5.74) is 0.410. The van der Waals surface area contributed by atoms with Gasteiger partial charge >= 0.3 is 6.03 Å². The number of likely N-dealkylation sites (N-methyl/N-ethyl adjacent to an activating group) is 2. The van der Waals surface area contributed by atoms with Gasteiger partial charge in [-0.3, -0.25) is 19.4 Å². The zero-order valence-electron chi connectivity index (χ0n) is 17.3. The van der Waals surface area contributed by atoms with E-state index in [1.807, 2.05) is 30.3 Å². The quantitative estimate of drug-likeness (QED) is 0.337. The number of rotatable bonds is 7. The van der Waals surface area contributed by atoms with Crippen LogP contribution in [0.15, 0.2) is 52.5 Å². The highest BCUT2D eigenvalue weighted by atomic mass is 79.9. The molecule has 162 valence electrons. The van der Waals surface area contributed by atoms with Crippen LogP contribution in [0.2, 0.25) is 0 Å². The van der Waals surface area contributed by atoms with E-state index in [-0.39, 0.29) is 12.2 Å². The van der Waals surface area contributed by atoms with Gasteiger partial charge in [0.1, 0.15) is 24.5 Å². The molecule has 0 atom stereocenters. The van der Waals surface area contributed by atoms with Gasteiger partial charge in [-0.1, -0.05) is 18.2 Å². The predicted octanol–water partition coefficient (Wildman–Crippen LogP) is 3.35. The Balaban J connectivity index is 1.77. The Morgan fingerprint density at radius 2 is 1.55 bits per heavy atom. The third kappa shape index (κ3) is 4.88. The minimum absolute atomic E-state index is 0.122. The maximum absolute atomic E-state index is 12.4. The molecule has 9 heteroatoms. The summed E-state index contributed by atoms with van der Waals surface area (Å²) >= 11 is 3.44. The van der Waals surface area contributed by atoms with Gasteiger partial charge in [-0.05, 0) is 51.8 Å². The van der Waals surface area contributed by atoms with Gasteiger partial charge in [0.25, 0.3) is 11.8 Å². The molecule has 1 saturated heterocycles. The Kier molecular flexibility index (Phi) is 6.96. The van der Waals surface area contributed by atoms with E-state index in [9.17, 15) is 14.4 Å². The van der Waals surface area contributed by atoms with Crippen LogP contribution < -0.4 is 14.2 Å². The van der Waals surface area contributed by atoms with Crippen molar-refractivity contribution < 1.29 is 28.6 Å². The molecule has 8 nitrogen and oxygen atoms in total. The Hall–Kier alpha value is -3.33. The van der Waals surface area contributed by atoms with Crippen molar-refractivity contribution in [1.29, 1.82) is 0 Å². The molecule has 1 fully saturated rings. The first-order valence-electron chi connectivity index (χ1n) is 9.33. The molecule has 0 unspecified atom stereocenters. The van der Waals surface area contributed by atoms with Crippen molar-refractivity contribution in [1.82, 2.24) is 9.80 Å². The fraction of sp³-hybridized carbons (Fsp3) is 0.227. The standard InChI is InChI=1S/C22H21BrN2O6/c1-24-20(26)16(21(27)25(2)22(24)28)11-14-12-17(23)19(18(13-14)29-3)31-10-9-30-15-7-5-4-6-8-15/h4-8,11-13H,9-10H2,1-3H3. The smallest absolute Gasteiger partial charge is 0.333 e. The Labute approximate surface area is 188 Å². The molecule has 1 aliphatic rings. The average molecular weight is 489 g/mol. The number of barbiturate groups is 1. The van der Waals surface area contributed by atoms with Crippen LogP contribution >= 0.6 is 15.9 Å². The highest BCUT2D eigenvalue weighted by Gasteiger charge is 2.37. The van der Waals surface area contributed by atoms with Gasteiger partial charge in [0.15, 0.2) is 11.5 Å². The maximum atomic E-state index is 12.4. The van der Waals surface area contributed by atoms with Crippen molar-refractivity contribution in [3.05, 3.63) is 58.1 Å². The molecule has 2 aromatic carbocycles. The number of urea groups is 1. The maximum Gasteiger partial charge on any atom is 0.333 e. The number of amides is 4. The van der Waals surface area contributed by atoms with Gasteiger partial charge < -0.3 is 14.2 Å². The molecule has 0 aliphatic carbocycles. The number of ether oxygens (including phenoxy) is 3. The van der Waals surface area contributed by atoms with Crippen molar-refractivity contribution in [3.63, 3.8) is 0 Å². The van der Waals surface area contributed by atoms with Crippen LogP contribution in [-0.4, -0.2) is 62.1 Å². The summed E-state index contributed by atoms with van der Waals surface area (Å²) in [7, 11) is 4.14. The fourth-order valence-corrected chi connectivity index (χ4v) is 3.50. The first-order valence-corrected chi connectivity index (χ1v) is 10.1. The lowest BCUT2D eigenvalue weighted by atomic mass is 10.1. The summed E-state index contributed by atoms with van der Waals surface area (Å²) < 4.78 is 17.4. The van der Waals surface area contributed by atoms with E-state index in [0.29, 0.717) is 28.1 Å². The van der Waals surface area contributed by atoms with E-state index in [4.69, 9.17) is 14.2 Å². The minimum atomic E-state index is -0.674. The topological polar surface area (TPSA) is 85.4 Å². The molecular formula is C22H21BrN2O6. The van der Waals surface area contributed by atoms with Crippen LogP contribution in [0.25, 0.3) is 6.08 Å². The number of para-hydroxylation sites is 1. The molecule has 0 bridgehead atoms. The molecule has 0 N–H and O–H groups in total. The van der Waals surface area contributed by atoms with Gasteiger partial charge in [-0.25, -0.2) is 4.79 Å². The third-order valence-electron chi connectivity index (χ3n) is 4.55. The number of hydrogen-bond donors (Lipinski definition) is 0. The van der Waals surface area contributed by atoms with Crippen molar-refractivity contribution in [2.45, 2.75) is 0 Å². The lowest BCUT2D eigenvalue weighted by molar-refractivity contribution is -0.134. The number of hydrogen-bond acceptors (Lipinski definition) is 6. The van der Waals surface area contributed by atoms with Crippen LogP contribution in [0.3, 0.4) is 0 Å². The van der Waals surface area contributed by atoms with Crippen LogP contribution in [-0.2, 0) is 9.59 Å². The molecule has 3 rings (SSSR count). The molecule has 2 aromatic rings. The first-order chi connectivity index (χ1) is 14.8. The van der Waals surface area contributed by atoms with Crippen molar-refractivity contribution in [2.24, 2.45) is 0 Å². The van der Waals surface area contributed by atoms with E-state index < -0.39 is 17.8 Å². The monoisotopic (exact) mass is 488 g/mol. The molecule has 4 amide bonds. The number of halogens is 1. The minimum Gasteiger partial charge on any atom is -0.493 e. The Morgan fingerprint density at radius 1 is 0.935 bits per heavy atom. The van der Waals surface area contributed by atoms with E-state index in [2.05, 4.69) is 15.9 Å².